The average Bonchev–Trinajstić information content (AvgIpc) is 2.81. The lowest BCUT2D eigenvalue weighted by atomic mass is 10.2. The molecule has 0 spiro atoms. The zero-order valence-corrected chi connectivity index (χ0v) is 19.5. The number of benzene rings is 3. The molecule has 0 radical (unpaired) electrons. The van der Waals surface area contributed by atoms with E-state index in [4.69, 9.17) is 32.7 Å². The molecule has 10 heteroatoms. The van der Waals surface area contributed by atoms with E-state index >= 15 is 0 Å². The predicted molar refractivity (Wildman–Crippen MR) is 129 cm³/mol. The quantitative estimate of drug-likeness (QED) is 0.251. The molecule has 0 aromatic heterocycles. The number of hydrazone groups is 1. The molecule has 0 atom stereocenters. The minimum Gasteiger partial charge on any atom is -0.490 e. The highest BCUT2D eigenvalue weighted by Crippen LogP contribution is 2.31. The van der Waals surface area contributed by atoms with Crippen LogP contribution in [-0.2, 0) is 16.2 Å². The number of hydrogen-bond acceptors (Lipinski definition) is 5. The van der Waals surface area contributed by atoms with Gasteiger partial charge in [0.25, 0.3) is 0 Å². The topological polar surface area (TPSA) is 89.0 Å². The number of rotatable bonds is 8. The van der Waals surface area contributed by atoms with Crippen molar-refractivity contribution in [1.82, 2.24) is 5.43 Å². The summed E-state index contributed by atoms with van der Waals surface area (Å²) in [7, 11) is 0. The molecule has 0 heterocycles. The minimum atomic E-state index is -0.984. The van der Waals surface area contributed by atoms with Crippen LogP contribution in [-0.4, -0.2) is 24.6 Å². The van der Waals surface area contributed by atoms with Crippen molar-refractivity contribution >= 4 is 46.9 Å². The van der Waals surface area contributed by atoms with Crippen LogP contribution in [0.5, 0.6) is 11.5 Å². The van der Waals surface area contributed by atoms with Crippen molar-refractivity contribution in [3.05, 3.63) is 87.7 Å². The highest BCUT2D eigenvalue weighted by Gasteiger charge is 2.13. The summed E-state index contributed by atoms with van der Waals surface area (Å²) in [4.78, 5) is 23.8. The molecule has 2 N–H and O–H groups in total. The zero-order chi connectivity index (χ0) is 24.5. The summed E-state index contributed by atoms with van der Waals surface area (Å²) in [5, 5.41) is 7.12. The number of nitrogens with one attached hydrogen (secondary N) is 2. The van der Waals surface area contributed by atoms with Gasteiger partial charge in [0.2, 0.25) is 0 Å². The molecule has 7 nitrogen and oxygen atoms in total. The Morgan fingerprint density at radius 2 is 1.68 bits per heavy atom. The standard InChI is InChI=1S/C24H20Cl2FN3O4/c1-2-33-22-12-15(6-11-21(22)34-14-18-19(25)4-3-5-20(18)26)13-28-30-24(32)23(31)29-17-9-7-16(27)8-10-17/h3-13H,2,14H2,1H3,(H,29,31)(H,30,32). The van der Waals surface area contributed by atoms with E-state index in [-0.39, 0.29) is 12.3 Å². The van der Waals surface area contributed by atoms with E-state index in [0.29, 0.717) is 39.3 Å². The number of amides is 2. The lowest BCUT2D eigenvalue weighted by Crippen LogP contribution is -2.32. The van der Waals surface area contributed by atoms with Gasteiger partial charge in [0.1, 0.15) is 12.4 Å². The van der Waals surface area contributed by atoms with Crippen molar-refractivity contribution in [3.63, 3.8) is 0 Å². The van der Waals surface area contributed by atoms with Crippen molar-refractivity contribution in [2.75, 3.05) is 11.9 Å². The second-order valence-electron chi connectivity index (χ2n) is 6.79. The molecule has 3 aromatic rings. The summed E-state index contributed by atoms with van der Waals surface area (Å²) in [5.41, 5.74) is 3.65. The van der Waals surface area contributed by atoms with Gasteiger partial charge in [-0.05, 0) is 67.1 Å². The Hall–Kier alpha value is -3.62. The summed E-state index contributed by atoms with van der Waals surface area (Å²) in [5.74, 6) is -1.46. The molecule has 2 amide bonds. The molecular weight excluding hydrogens is 484 g/mol. The number of carbonyl (C=O) groups excluding carboxylic acids is 2. The van der Waals surface area contributed by atoms with E-state index in [9.17, 15) is 14.0 Å². The van der Waals surface area contributed by atoms with Crippen LogP contribution >= 0.6 is 23.2 Å². The van der Waals surface area contributed by atoms with Crippen LogP contribution in [0.25, 0.3) is 0 Å². The minimum absolute atomic E-state index is 0.144. The first-order valence-corrected chi connectivity index (χ1v) is 10.9. The van der Waals surface area contributed by atoms with Crippen molar-refractivity contribution in [2.24, 2.45) is 5.10 Å². The first kappa shape index (κ1) is 25.0. The number of carbonyl (C=O) groups is 2. The van der Waals surface area contributed by atoms with E-state index in [1.807, 2.05) is 6.92 Å². The molecule has 3 aromatic carbocycles. The molecule has 0 unspecified atom stereocenters. The fourth-order valence-corrected chi connectivity index (χ4v) is 3.26. The molecule has 3 rings (SSSR count). The molecule has 34 heavy (non-hydrogen) atoms. The average molecular weight is 504 g/mol. The maximum Gasteiger partial charge on any atom is 0.329 e. The summed E-state index contributed by atoms with van der Waals surface area (Å²) in [6, 6.07) is 15.2. The SMILES string of the molecule is CCOc1cc(C=NNC(=O)C(=O)Nc2ccc(F)cc2)ccc1OCc1c(Cl)cccc1Cl. The molecule has 0 bridgehead atoms. The molecule has 0 fully saturated rings. The van der Waals surface area contributed by atoms with Crippen molar-refractivity contribution in [2.45, 2.75) is 13.5 Å². The lowest BCUT2D eigenvalue weighted by Gasteiger charge is -2.14. The highest BCUT2D eigenvalue weighted by atomic mass is 35.5. The van der Waals surface area contributed by atoms with Gasteiger partial charge >= 0.3 is 11.8 Å². The molecule has 0 saturated carbocycles. The normalized spacial score (nSPS) is 10.7. The second kappa shape index (κ2) is 12.0. The Bertz CT molecular complexity index is 1180. The molecule has 0 aliphatic carbocycles. The molecule has 0 saturated heterocycles. The second-order valence-corrected chi connectivity index (χ2v) is 7.60. The van der Waals surface area contributed by atoms with Crippen LogP contribution in [0.15, 0.2) is 65.8 Å². The van der Waals surface area contributed by atoms with Crippen LogP contribution in [0.4, 0.5) is 10.1 Å². The first-order chi connectivity index (χ1) is 16.4. The number of ether oxygens (including phenoxy) is 2. The van der Waals surface area contributed by atoms with Crippen LogP contribution in [0.3, 0.4) is 0 Å². The maximum absolute atomic E-state index is 12.9. The highest BCUT2D eigenvalue weighted by molar-refractivity contribution is 6.39. The molecular formula is C24H20Cl2FN3O4. The third-order valence-electron chi connectivity index (χ3n) is 4.39. The van der Waals surface area contributed by atoms with Crippen molar-refractivity contribution in [3.8, 4) is 11.5 Å². The Kier molecular flexibility index (Phi) is 8.84. The van der Waals surface area contributed by atoms with Gasteiger partial charge in [0, 0.05) is 21.3 Å². The molecule has 0 aliphatic rings. The van der Waals surface area contributed by atoms with Gasteiger partial charge in [-0.2, -0.15) is 5.10 Å². The van der Waals surface area contributed by atoms with E-state index in [0.717, 1.165) is 12.1 Å². The largest absolute Gasteiger partial charge is 0.490 e. The third-order valence-corrected chi connectivity index (χ3v) is 5.10. The number of nitrogens with zero attached hydrogens (tertiary/aromatic N) is 1. The Labute approximate surface area is 205 Å². The van der Waals surface area contributed by atoms with Crippen molar-refractivity contribution in [1.29, 1.82) is 0 Å². The van der Waals surface area contributed by atoms with Gasteiger partial charge in [0.15, 0.2) is 11.5 Å². The first-order valence-electron chi connectivity index (χ1n) is 10.1. The van der Waals surface area contributed by atoms with Gasteiger partial charge in [-0.25, -0.2) is 9.82 Å². The number of halogens is 3. The fourth-order valence-electron chi connectivity index (χ4n) is 2.75. The van der Waals surface area contributed by atoms with E-state index in [2.05, 4.69) is 15.8 Å². The summed E-state index contributed by atoms with van der Waals surface area (Å²) in [6.45, 7) is 2.37. The third kappa shape index (κ3) is 6.94. The van der Waals surface area contributed by atoms with Crippen LogP contribution in [0.2, 0.25) is 10.0 Å². The Morgan fingerprint density at radius 1 is 0.971 bits per heavy atom. The molecule has 176 valence electrons. The summed E-state index contributed by atoms with van der Waals surface area (Å²) in [6.07, 6.45) is 1.35. The van der Waals surface area contributed by atoms with Crippen LogP contribution in [0.1, 0.15) is 18.1 Å². The fraction of sp³-hybridized carbons (Fsp3) is 0.125. The summed E-state index contributed by atoms with van der Waals surface area (Å²) < 4.78 is 24.4. The van der Waals surface area contributed by atoms with Crippen LogP contribution in [0, 0.1) is 5.82 Å². The summed E-state index contributed by atoms with van der Waals surface area (Å²) >= 11 is 12.4. The zero-order valence-electron chi connectivity index (χ0n) is 18.0. The number of hydrogen-bond donors (Lipinski definition) is 2. The van der Waals surface area contributed by atoms with E-state index in [1.54, 1.807) is 36.4 Å². The van der Waals surface area contributed by atoms with Gasteiger partial charge in [-0.3, -0.25) is 9.59 Å². The van der Waals surface area contributed by atoms with Crippen molar-refractivity contribution < 1.29 is 23.5 Å². The van der Waals surface area contributed by atoms with Gasteiger partial charge in [-0.15, -0.1) is 0 Å². The number of anilines is 1. The monoisotopic (exact) mass is 503 g/mol. The maximum atomic E-state index is 12.9. The van der Waals surface area contributed by atoms with E-state index in [1.165, 1.54) is 18.3 Å². The van der Waals surface area contributed by atoms with Gasteiger partial charge in [0.05, 0.1) is 12.8 Å². The lowest BCUT2D eigenvalue weighted by molar-refractivity contribution is -0.136. The van der Waals surface area contributed by atoms with Crippen LogP contribution < -0.4 is 20.2 Å². The Morgan fingerprint density at radius 3 is 2.35 bits per heavy atom. The smallest absolute Gasteiger partial charge is 0.329 e. The predicted octanol–water partition coefficient (Wildman–Crippen LogP) is 5.20. The van der Waals surface area contributed by atoms with Gasteiger partial charge < -0.3 is 14.8 Å². The van der Waals surface area contributed by atoms with E-state index < -0.39 is 17.6 Å². The molecule has 0 aliphatic heterocycles. The Balaban J connectivity index is 1.61. The van der Waals surface area contributed by atoms with Gasteiger partial charge in [-0.1, -0.05) is 29.3 Å².